The molecular weight excluding hydrogens is 329 g/mol. The molecule has 1 aromatic heterocycles. The molecule has 0 aliphatic heterocycles. The summed E-state index contributed by atoms with van der Waals surface area (Å²) >= 11 is 1.17. The van der Waals surface area contributed by atoms with E-state index in [0.717, 1.165) is 5.82 Å². The van der Waals surface area contributed by atoms with Gasteiger partial charge in [-0.25, -0.2) is 0 Å². The second-order valence-electron chi connectivity index (χ2n) is 5.30. The van der Waals surface area contributed by atoms with Gasteiger partial charge in [0.2, 0.25) is 0 Å². The van der Waals surface area contributed by atoms with Crippen LogP contribution in [0.25, 0.3) is 0 Å². The average Bonchev–Trinajstić information content (AvgIpc) is 2.29. The molecule has 0 spiro atoms. The average molecular weight is 354 g/mol. The number of aromatic nitrogens is 1. The Balaban J connectivity index is 0.000000357. The van der Waals surface area contributed by atoms with Crippen LogP contribution < -0.4 is 8.90 Å². The van der Waals surface area contributed by atoms with Crippen LogP contribution >= 0.6 is 0 Å². The van der Waals surface area contributed by atoms with Crippen molar-refractivity contribution in [2.45, 2.75) is 38.1 Å². The van der Waals surface area contributed by atoms with E-state index in [4.69, 9.17) is 0 Å². The molecule has 1 heterocycles. The van der Waals surface area contributed by atoms with Crippen LogP contribution in [-0.4, -0.2) is 59.6 Å². The van der Waals surface area contributed by atoms with E-state index in [1.54, 1.807) is 0 Å². The third-order valence-corrected chi connectivity index (χ3v) is 3.77. The first kappa shape index (κ1) is 15.8. The van der Waals surface area contributed by atoms with Gasteiger partial charge in [-0.15, -0.1) is 0 Å². The predicted octanol–water partition coefficient (Wildman–Crippen LogP) is 1.53. The molecule has 1 N–H and O–H groups in total. The van der Waals surface area contributed by atoms with Gasteiger partial charge in [0.25, 0.3) is 0 Å². The molecule has 0 unspecified atom stereocenters. The number of pyridine rings is 1. The number of anilines is 1. The molecule has 3 nitrogen and oxygen atoms in total. The predicted molar refractivity (Wildman–Crippen MR) is 81.1 cm³/mol. The second kappa shape index (κ2) is 8.75. The maximum absolute atomic E-state index is 4.34. The second-order valence-corrected chi connectivity index (χ2v) is 7.20. The van der Waals surface area contributed by atoms with Crippen molar-refractivity contribution in [3.05, 3.63) is 18.3 Å². The summed E-state index contributed by atoms with van der Waals surface area (Å²) in [6, 6.07) is 4.93. The van der Waals surface area contributed by atoms with E-state index < -0.39 is 0 Å². The summed E-state index contributed by atoms with van der Waals surface area (Å²) < 4.78 is 1.41. The molecule has 1 aliphatic carbocycles. The van der Waals surface area contributed by atoms with Crippen molar-refractivity contribution >= 4 is 31.9 Å². The minimum absolute atomic E-state index is 0.665. The van der Waals surface area contributed by atoms with Gasteiger partial charge in [0.05, 0.1) is 0 Å². The van der Waals surface area contributed by atoms with Crippen LogP contribution in [0, 0.1) is 0 Å². The van der Waals surface area contributed by atoms with Crippen molar-refractivity contribution in [1.29, 1.82) is 0 Å². The summed E-state index contributed by atoms with van der Waals surface area (Å²) in [6.07, 6.45) is 8.69. The van der Waals surface area contributed by atoms with Gasteiger partial charge in [-0.3, -0.25) is 0 Å². The van der Waals surface area contributed by atoms with E-state index in [9.17, 15) is 0 Å². The molecular formula is C14H25N3Sn. The van der Waals surface area contributed by atoms with E-state index >= 15 is 0 Å². The SMILES string of the molecule is CN(C)C.[SnH][c]1ccnc(NC2CCCCC2)c1. The normalized spacial score (nSPS) is 16.1. The molecule has 0 saturated heterocycles. The van der Waals surface area contributed by atoms with Crippen molar-refractivity contribution in [3.63, 3.8) is 0 Å². The van der Waals surface area contributed by atoms with Crippen molar-refractivity contribution in [3.8, 4) is 0 Å². The summed E-state index contributed by atoms with van der Waals surface area (Å²) in [4.78, 5) is 6.34. The van der Waals surface area contributed by atoms with Gasteiger partial charge in [0.1, 0.15) is 0 Å². The van der Waals surface area contributed by atoms with Gasteiger partial charge in [0.15, 0.2) is 0 Å². The Bertz CT molecular complexity index is 333. The summed E-state index contributed by atoms with van der Waals surface area (Å²) in [5, 5.41) is 3.53. The number of nitrogens with zero attached hydrogens (tertiary/aromatic N) is 2. The third kappa shape index (κ3) is 7.21. The number of hydrogen-bond acceptors (Lipinski definition) is 3. The Morgan fingerprint density at radius 2 is 1.83 bits per heavy atom. The topological polar surface area (TPSA) is 28.2 Å². The monoisotopic (exact) mass is 355 g/mol. The molecule has 0 atom stereocenters. The molecule has 0 bridgehead atoms. The molecule has 0 amide bonds. The van der Waals surface area contributed by atoms with E-state index in [1.165, 1.54) is 58.2 Å². The molecule has 1 aliphatic rings. The van der Waals surface area contributed by atoms with Gasteiger partial charge in [-0.05, 0) is 21.1 Å². The first-order valence-electron chi connectivity index (χ1n) is 6.67. The summed E-state index contributed by atoms with van der Waals surface area (Å²) in [5.41, 5.74) is 0. The first-order chi connectivity index (χ1) is 8.58. The van der Waals surface area contributed by atoms with Crippen molar-refractivity contribution in [2.75, 3.05) is 26.5 Å². The van der Waals surface area contributed by atoms with Crippen molar-refractivity contribution in [2.24, 2.45) is 0 Å². The third-order valence-electron chi connectivity index (χ3n) is 2.74. The molecule has 1 fully saturated rings. The zero-order valence-electron chi connectivity index (χ0n) is 11.8. The van der Waals surface area contributed by atoms with Crippen molar-refractivity contribution in [1.82, 2.24) is 9.88 Å². The van der Waals surface area contributed by atoms with E-state index in [1.807, 2.05) is 32.2 Å². The Labute approximate surface area is 124 Å². The molecule has 2 rings (SSSR count). The van der Waals surface area contributed by atoms with Crippen LogP contribution in [0.4, 0.5) is 5.82 Å². The summed E-state index contributed by atoms with van der Waals surface area (Å²) in [7, 11) is 6.00. The van der Waals surface area contributed by atoms with E-state index in [-0.39, 0.29) is 0 Å². The number of nitrogens with one attached hydrogen (secondary N) is 1. The zero-order chi connectivity index (χ0) is 13.4. The van der Waals surface area contributed by atoms with Gasteiger partial charge in [-0.1, -0.05) is 0 Å². The molecule has 1 saturated carbocycles. The van der Waals surface area contributed by atoms with Gasteiger partial charge >= 0.3 is 98.7 Å². The van der Waals surface area contributed by atoms with Crippen LogP contribution in [0.5, 0.6) is 0 Å². The Hall–Kier alpha value is -0.291. The molecule has 2 radical (unpaired) electrons. The number of rotatable bonds is 2. The first-order valence-corrected chi connectivity index (χ1v) is 8.31. The summed E-state index contributed by atoms with van der Waals surface area (Å²) in [6.45, 7) is 0. The van der Waals surface area contributed by atoms with Gasteiger partial charge in [0, 0.05) is 0 Å². The Morgan fingerprint density at radius 3 is 2.39 bits per heavy atom. The van der Waals surface area contributed by atoms with Crippen LogP contribution in [0.15, 0.2) is 18.3 Å². The quantitative estimate of drug-likeness (QED) is 0.817. The van der Waals surface area contributed by atoms with Gasteiger partial charge in [-0.2, -0.15) is 0 Å². The fourth-order valence-corrected chi connectivity index (χ4v) is 2.68. The fraction of sp³-hybridized carbons (Fsp3) is 0.643. The van der Waals surface area contributed by atoms with Crippen molar-refractivity contribution < 1.29 is 0 Å². The molecule has 0 aromatic carbocycles. The van der Waals surface area contributed by atoms with E-state index in [2.05, 4.69) is 22.4 Å². The molecule has 18 heavy (non-hydrogen) atoms. The van der Waals surface area contributed by atoms with Crippen LogP contribution in [0.3, 0.4) is 0 Å². The van der Waals surface area contributed by atoms with E-state index in [0.29, 0.717) is 6.04 Å². The summed E-state index contributed by atoms with van der Waals surface area (Å²) in [5.74, 6) is 1.07. The fourth-order valence-electron chi connectivity index (χ4n) is 1.98. The molecule has 4 heteroatoms. The Kier molecular flexibility index (Phi) is 7.66. The van der Waals surface area contributed by atoms with Crippen LogP contribution in [0.2, 0.25) is 0 Å². The van der Waals surface area contributed by atoms with Crippen LogP contribution in [0.1, 0.15) is 32.1 Å². The molecule has 1 aromatic rings. The number of hydrogen-bond donors (Lipinski definition) is 1. The Morgan fingerprint density at radius 1 is 1.22 bits per heavy atom. The van der Waals surface area contributed by atoms with Gasteiger partial charge < -0.3 is 4.90 Å². The van der Waals surface area contributed by atoms with Crippen LogP contribution in [-0.2, 0) is 0 Å². The standard InChI is InChI=1S/C11H15N2.C3H9N.Sn.H/c1-2-6-10(7-3-1)13-11-8-4-5-9-12-11;1-4(2)3;;/h5,8-10H,1-3,6-7H2,(H,12,13);1-3H3;;. The maximum atomic E-state index is 4.34. The zero-order valence-corrected chi connectivity index (χ0v) is 15.1. The molecule has 100 valence electrons. The minimum atomic E-state index is 0.665.